The van der Waals surface area contributed by atoms with Crippen molar-refractivity contribution in [2.24, 2.45) is 0 Å². The van der Waals surface area contributed by atoms with Crippen LogP contribution in [0.4, 0.5) is 17.1 Å². The zero-order chi connectivity index (χ0) is 92.9. The molecule has 139 heavy (non-hydrogen) atoms. The molecule has 13 heteroatoms. The molecule has 0 aliphatic heterocycles. The number of benzene rings is 16. The minimum atomic E-state index is -0.125. The molecule has 1 N–H and O–H groups in total. The van der Waals surface area contributed by atoms with E-state index in [9.17, 15) is 4.79 Å². The topological polar surface area (TPSA) is 120 Å². The molecule has 0 fully saturated rings. The first-order valence-electron chi connectivity index (χ1n) is 45.3. The van der Waals surface area contributed by atoms with Gasteiger partial charge in [-0.25, -0.2) is 0 Å². The van der Waals surface area contributed by atoms with Crippen LogP contribution in [0.15, 0.2) is 510 Å². The summed E-state index contributed by atoms with van der Waals surface area (Å²) in [4.78, 5) is 34.0. The second-order valence-electron chi connectivity index (χ2n) is 32.4. The van der Waals surface area contributed by atoms with Gasteiger partial charge in [-0.1, -0.05) is 253 Å². The third-order valence-corrected chi connectivity index (χ3v) is 23.5. The molecule has 1 radical (unpaired) electrons. The number of ketones is 1. The van der Waals surface area contributed by atoms with Crippen LogP contribution in [0.3, 0.4) is 0 Å². The second-order valence-corrected chi connectivity index (χ2v) is 32.4. The molecule has 0 aliphatic rings. The minimum absolute atomic E-state index is 0. The second kappa shape index (κ2) is 45.3. The third-order valence-electron chi connectivity index (χ3n) is 23.5. The molecule has 0 atom stereocenters. The largest absolute Gasteiger partial charge is 3.00 e. The Balaban J connectivity index is 0.000000125. The molecule has 0 amide bonds. The van der Waals surface area contributed by atoms with E-state index in [-0.39, 0.29) is 51.8 Å². The summed E-state index contributed by atoms with van der Waals surface area (Å²) in [6, 6.07) is 178. The van der Waals surface area contributed by atoms with Gasteiger partial charge in [-0.05, 0) is 193 Å². The minimum Gasteiger partial charge on any atom is -0.512 e. The molecule has 11 nitrogen and oxygen atoms in total. The van der Waals surface area contributed by atoms with Crippen molar-refractivity contribution in [1.29, 1.82) is 0 Å². The number of pyridine rings is 5. The number of allylic oxidation sites excluding steroid dienone is 2. The van der Waals surface area contributed by atoms with Crippen LogP contribution >= 0.6 is 0 Å². The van der Waals surface area contributed by atoms with Gasteiger partial charge in [0.05, 0.1) is 38.9 Å². The number of nitrogens with zero attached hydrogens (tertiary/aromatic N) is 9. The van der Waals surface area contributed by atoms with Crippen LogP contribution in [-0.2, 0) is 45.0 Å². The Kier molecular flexibility index (Phi) is 30.6. The van der Waals surface area contributed by atoms with Gasteiger partial charge in [0.2, 0.25) is 0 Å². The van der Waals surface area contributed by atoms with E-state index in [0.29, 0.717) is 0 Å². The van der Waals surface area contributed by atoms with E-state index in [1.165, 1.54) is 113 Å². The number of aromatic nitrogens is 8. The van der Waals surface area contributed by atoms with Gasteiger partial charge in [0.15, 0.2) is 5.78 Å². The molecule has 0 saturated heterocycles. The molecular formula is C126H90Ir2N9O2-2. The predicted octanol–water partition coefficient (Wildman–Crippen LogP) is 31.5. The van der Waals surface area contributed by atoms with Crippen LogP contribution in [0.25, 0.3) is 172 Å². The Bertz CT molecular complexity index is 7660. The average molecular weight is 2150 g/mol. The Labute approximate surface area is 836 Å². The smallest absolute Gasteiger partial charge is 0.512 e. The molecule has 0 unspecified atom stereocenters. The van der Waals surface area contributed by atoms with E-state index < -0.39 is 0 Å². The summed E-state index contributed by atoms with van der Waals surface area (Å²) in [5, 5.41) is 16.0. The molecule has 24 aromatic rings. The summed E-state index contributed by atoms with van der Waals surface area (Å²) in [6.07, 6.45) is 10.2. The first kappa shape index (κ1) is 93.8. The zero-order valence-electron chi connectivity index (χ0n) is 76.0. The Hall–Kier alpha value is -17.0. The molecule has 0 saturated carbocycles. The van der Waals surface area contributed by atoms with Gasteiger partial charge in [-0.2, -0.15) is 0 Å². The summed E-state index contributed by atoms with van der Waals surface area (Å²) in [5.74, 6) is -0.0625. The van der Waals surface area contributed by atoms with Crippen molar-refractivity contribution < 1.29 is 50.1 Å². The summed E-state index contributed by atoms with van der Waals surface area (Å²) in [7, 11) is 0. The maximum absolute atomic E-state index is 10.0. The number of aliphatic hydroxyl groups excluding tert-OH is 1. The summed E-state index contributed by atoms with van der Waals surface area (Å²) >= 11 is 0. The van der Waals surface area contributed by atoms with Gasteiger partial charge in [0, 0.05) is 118 Å². The van der Waals surface area contributed by atoms with Crippen LogP contribution in [0.5, 0.6) is 0 Å². The van der Waals surface area contributed by atoms with E-state index in [1.807, 2.05) is 182 Å². The number of para-hydroxylation sites is 7. The summed E-state index contributed by atoms with van der Waals surface area (Å²) in [5.41, 5.74) is 30.9. The molecule has 0 aliphatic carbocycles. The molecule has 8 heterocycles. The molecule has 24 rings (SSSR count). The van der Waals surface area contributed by atoms with Crippen LogP contribution in [0.2, 0.25) is 0 Å². The van der Waals surface area contributed by atoms with Gasteiger partial charge < -0.3 is 48.6 Å². The standard InChI is InChI=1S/C41H28N3.2C29H19N2.2C11H8N.C5H8O2.2Ir/c1-3-11-33(12-4-1)43(36-25-20-31(21-26-36)39-16-9-10-28-42-39)35-23-18-30(19-24-35)32-22-27-41-38(29-32)37-15-7-8-17-40(37)44(41)34-13-5-2-6-14-34;2*1-3-10-28-25(7-1)26-8-2-4-11-29(26)31(28)24-18-16-22(17-19-24)21-12-14-23(15-13-21)27-9-5-6-20-30-27;2*1-2-6-10(7-3-1)11-8-4-5-9-12-11;1-4(6)3-5(2)7;;/h1-20,22-29H;2*1-14,16-20H;2*1-6,8-9H;3,6H,1-2H3;;/q5*-1;;;+3. The Morgan fingerprint density at radius 3 is 0.863 bits per heavy atom. The molecule has 0 bridgehead atoms. The van der Waals surface area contributed by atoms with Crippen LogP contribution < -0.4 is 4.90 Å². The third kappa shape index (κ3) is 22.0. The summed E-state index contributed by atoms with van der Waals surface area (Å²) < 4.78 is 7.03. The number of fused-ring (bicyclic) bond motifs is 9. The fourth-order valence-electron chi connectivity index (χ4n) is 17.1. The molecule has 16 aromatic carbocycles. The molecule has 0 spiro atoms. The quantitative estimate of drug-likeness (QED) is 0.0612. The maximum Gasteiger partial charge on any atom is 3.00 e. The SMILES string of the molecule is CC(=O)C=C(C)O.[Ir+3].[Ir].[c-]1cc(-c2ccc(-n3c4ccccc4c4ccccc43)cc2)ccc1-c1ccccn1.[c-]1cc(-c2ccc(-n3c4ccccc4c4ccccc43)cc2)ccc1-c1ccccn1.[c-]1cc(N(c2ccccc2)c2ccc(-c3ccc4c(c3)c3ccccc3n4-c3ccccc3)cc2)ccc1-c1ccccn1.[c-]1ccccc1-c1ccccn1.[c-]1ccccc1-c1ccccn1. The Morgan fingerprint density at radius 2 is 0.540 bits per heavy atom. The first-order valence-corrected chi connectivity index (χ1v) is 45.3. The number of carbonyl (C=O) groups excluding carboxylic acids is 1. The van der Waals surface area contributed by atoms with Gasteiger partial charge >= 0.3 is 20.1 Å². The number of hydrogen-bond acceptors (Lipinski definition) is 8. The number of aliphatic hydroxyl groups is 1. The molecule has 8 aromatic heterocycles. The van der Waals surface area contributed by atoms with Crippen molar-refractivity contribution in [2.45, 2.75) is 13.8 Å². The Morgan fingerprint density at radius 1 is 0.259 bits per heavy atom. The number of anilines is 3. The van der Waals surface area contributed by atoms with Gasteiger partial charge in [-0.15, -0.1) is 161 Å². The molecular weight excluding hydrogens is 2060 g/mol. The van der Waals surface area contributed by atoms with E-state index in [1.54, 1.807) is 12.4 Å². The fraction of sp³-hybridized carbons (Fsp3) is 0.0159. The normalized spacial score (nSPS) is 10.8. The average Bonchev–Trinajstić information content (AvgIpc) is 1.59. The molecule has 671 valence electrons. The van der Waals surface area contributed by atoms with Crippen molar-refractivity contribution in [1.82, 2.24) is 38.6 Å². The predicted molar refractivity (Wildman–Crippen MR) is 564 cm³/mol. The van der Waals surface area contributed by atoms with E-state index in [0.717, 1.165) is 95.9 Å². The zero-order valence-corrected chi connectivity index (χ0v) is 80.8. The first-order chi connectivity index (χ1) is 67.7. The van der Waals surface area contributed by atoms with Crippen molar-refractivity contribution in [3.8, 4) is 107 Å². The van der Waals surface area contributed by atoms with Crippen molar-refractivity contribution in [3.63, 3.8) is 0 Å². The number of hydrogen-bond donors (Lipinski definition) is 1. The fourth-order valence-corrected chi connectivity index (χ4v) is 17.1. The van der Waals surface area contributed by atoms with Crippen LogP contribution in [-0.4, -0.2) is 49.5 Å². The number of carbonyl (C=O) groups is 1. The number of rotatable bonds is 15. The van der Waals surface area contributed by atoms with Gasteiger partial charge in [0.1, 0.15) is 0 Å². The van der Waals surface area contributed by atoms with E-state index in [2.05, 4.69) is 377 Å². The van der Waals surface area contributed by atoms with E-state index >= 15 is 0 Å². The maximum atomic E-state index is 10.0. The van der Waals surface area contributed by atoms with E-state index in [4.69, 9.17) is 5.11 Å². The van der Waals surface area contributed by atoms with Gasteiger partial charge in [-0.3, -0.25) is 4.79 Å². The van der Waals surface area contributed by atoms with Gasteiger partial charge in [0.25, 0.3) is 0 Å². The monoisotopic (exact) mass is 2150 g/mol. The van der Waals surface area contributed by atoms with Crippen molar-refractivity contribution in [2.75, 3.05) is 4.90 Å². The van der Waals surface area contributed by atoms with Crippen molar-refractivity contribution >= 4 is 88.3 Å². The van der Waals surface area contributed by atoms with Crippen LogP contribution in [0.1, 0.15) is 13.8 Å². The van der Waals surface area contributed by atoms with Crippen LogP contribution in [0, 0.1) is 30.3 Å². The van der Waals surface area contributed by atoms with Crippen molar-refractivity contribution in [3.05, 3.63) is 540 Å². The summed E-state index contributed by atoms with van der Waals surface area (Å²) in [6.45, 7) is 2.85.